The smallest absolute Gasteiger partial charge is 0.387 e. The van der Waals surface area contributed by atoms with Gasteiger partial charge in [0.05, 0.1) is 12.9 Å². The Balaban J connectivity index is 1.47. The molecule has 3 aromatic rings. The van der Waals surface area contributed by atoms with E-state index in [0.29, 0.717) is 10.9 Å². The lowest BCUT2D eigenvalue weighted by Crippen LogP contribution is -2.33. The molecule has 2 aromatic heterocycles. The number of anilines is 1. The van der Waals surface area contributed by atoms with E-state index in [0.717, 1.165) is 5.56 Å². The second kappa shape index (κ2) is 11.9. The van der Waals surface area contributed by atoms with Gasteiger partial charge in [0.2, 0.25) is 0 Å². The van der Waals surface area contributed by atoms with Crippen LogP contribution in [0.5, 0.6) is 0 Å². The molecule has 0 aliphatic carbocycles. The van der Waals surface area contributed by atoms with Crippen molar-refractivity contribution in [3.05, 3.63) is 42.2 Å². The predicted octanol–water partition coefficient (Wildman–Crippen LogP) is 0.780. The number of nitrogen functional groups attached to an aromatic ring is 1. The van der Waals surface area contributed by atoms with Crippen LogP contribution in [0.1, 0.15) is 11.8 Å². The number of imidazole rings is 1. The summed E-state index contributed by atoms with van der Waals surface area (Å²) >= 11 is 5.86. The molecule has 0 radical (unpaired) electrons. The fourth-order valence-corrected chi connectivity index (χ4v) is 8.23. The fourth-order valence-electron chi connectivity index (χ4n) is 3.46. The number of aromatic nitrogens is 4. The van der Waals surface area contributed by atoms with E-state index >= 15 is 0 Å². The number of phosphoric acid groups is 2. The van der Waals surface area contributed by atoms with Gasteiger partial charge >= 0.3 is 22.4 Å². The standard InChI is InChI=1S/C17H22N5O12P3S2/c18-14-11-15(21-17(20-14)39-7-9-4-2-1-3-5-9)22(8-19-11)16-13(24)12(23)10(32-16)6-31-37(30,38)34-36(28,29)33-35(25,26)27/h1-5,8,10,12-13,16,23-24H,6-7H2,(H,28,29)(H,30,38)(H2,18,20,21)(H2,25,26,27)/t10-,12-,13-,16-,37?/m1/s1. The summed E-state index contributed by atoms with van der Waals surface area (Å²) in [5, 5.41) is 21.4. The van der Waals surface area contributed by atoms with Crippen molar-refractivity contribution < 1.29 is 56.8 Å². The summed E-state index contributed by atoms with van der Waals surface area (Å²) in [5.41, 5.74) is 7.48. The lowest BCUT2D eigenvalue weighted by Gasteiger charge is -2.21. The number of hydrogen-bond donors (Lipinski definition) is 7. The van der Waals surface area contributed by atoms with Crippen LogP contribution >= 0.6 is 34.1 Å². The molecular weight excluding hydrogens is 623 g/mol. The molecule has 0 bridgehead atoms. The molecule has 2 unspecified atom stereocenters. The lowest BCUT2D eigenvalue weighted by molar-refractivity contribution is -0.0486. The topological polar surface area (TPSA) is 262 Å². The number of nitrogens with zero attached hydrogens (tertiary/aromatic N) is 4. The number of benzene rings is 1. The van der Waals surface area contributed by atoms with Crippen LogP contribution < -0.4 is 5.73 Å². The number of aliphatic hydroxyl groups excluding tert-OH is 2. The molecule has 4 rings (SSSR count). The van der Waals surface area contributed by atoms with Gasteiger partial charge in [-0.15, -0.1) is 0 Å². The number of ether oxygens (including phenoxy) is 1. The lowest BCUT2D eigenvalue weighted by atomic mass is 10.1. The maximum Gasteiger partial charge on any atom is 0.488 e. The maximum atomic E-state index is 11.7. The highest BCUT2D eigenvalue weighted by molar-refractivity contribution is 8.08. The quantitative estimate of drug-likeness (QED) is 0.0863. The van der Waals surface area contributed by atoms with Crippen LogP contribution in [0.25, 0.3) is 11.2 Å². The van der Waals surface area contributed by atoms with Gasteiger partial charge in [-0.3, -0.25) is 4.57 Å². The second-order valence-electron chi connectivity index (χ2n) is 7.92. The summed E-state index contributed by atoms with van der Waals surface area (Å²) in [6, 6.07) is 9.56. The molecule has 0 spiro atoms. The van der Waals surface area contributed by atoms with Crippen LogP contribution in [0, 0.1) is 0 Å². The van der Waals surface area contributed by atoms with Crippen molar-refractivity contribution in [3.8, 4) is 0 Å². The highest BCUT2D eigenvalue weighted by Gasteiger charge is 2.46. The van der Waals surface area contributed by atoms with Crippen LogP contribution in [0.4, 0.5) is 5.82 Å². The van der Waals surface area contributed by atoms with E-state index in [9.17, 15) is 29.1 Å². The Bertz CT molecular complexity index is 1480. The van der Waals surface area contributed by atoms with Crippen LogP contribution in [0.2, 0.25) is 0 Å². The van der Waals surface area contributed by atoms with Gasteiger partial charge in [0.25, 0.3) is 0 Å². The predicted molar refractivity (Wildman–Crippen MR) is 138 cm³/mol. The third kappa shape index (κ3) is 7.89. The van der Waals surface area contributed by atoms with Crippen LogP contribution in [-0.4, -0.2) is 74.2 Å². The largest absolute Gasteiger partial charge is 0.488 e. The van der Waals surface area contributed by atoms with Crippen molar-refractivity contribution in [2.45, 2.75) is 35.4 Å². The molecule has 0 saturated carbocycles. The number of fused-ring (bicyclic) bond motifs is 1. The van der Waals surface area contributed by atoms with Gasteiger partial charge in [0.15, 0.2) is 22.8 Å². The summed E-state index contributed by atoms with van der Waals surface area (Å²) < 4.78 is 42.0. The first-order chi connectivity index (χ1) is 18.1. The van der Waals surface area contributed by atoms with Crippen molar-refractivity contribution in [1.29, 1.82) is 0 Å². The maximum absolute atomic E-state index is 11.7. The summed E-state index contributed by atoms with van der Waals surface area (Å²) in [7, 11) is -11.0. The third-order valence-electron chi connectivity index (χ3n) is 5.07. The van der Waals surface area contributed by atoms with E-state index < -0.39 is 53.5 Å². The van der Waals surface area contributed by atoms with E-state index in [1.54, 1.807) is 0 Å². The first-order valence-corrected chi connectivity index (χ1v) is 17.2. The fraction of sp³-hybridized carbons (Fsp3) is 0.353. The highest BCUT2D eigenvalue weighted by atomic mass is 32.5. The van der Waals surface area contributed by atoms with Gasteiger partial charge in [-0.2, -0.15) is 4.31 Å². The molecular formula is C17H22N5O12P3S2. The zero-order valence-electron chi connectivity index (χ0n) is 19.3. The zero-order chi connectivity index (χ0) is 28.6. The molecule has 3 heterocycles. The molecule has 214 valence electrons. The molecule has 6 atom stereocenters. The number of thioether (sulfide) groups is 1. The van der Waals surface area contributed by atoms with Crippen molar-refractivity contribution in [2.75, 3.05) is 12.3 Å². The molecule has 1 aromatic carbocycles. The Labute approximate surface area is 229 Å². The zero-order valence-corrected chi connectivity index (χ0v) is 23.7. The Morgan fingerprint density at radius 2 is 1.77 bits per heavy atom. The Morgan fingerprint density at radius 3 is 2.44 bits per heavy atom. The van der Waals surface area contributed by atoms with Crippen LogP contribution in [0.3, 0.4) is 0 Å². The molecule has 17 nitrogen and oxygen atoms in total. The third-order valence-corrected chi connectivity index (χ3v) is 10.7. The Hall–Kier alpha value is -1.37. The van der Waals surface area contributed by atoms with Gasteiger partial charge in [0.1, 0.15) is 23.8 Å². The monoisotopic (exact) mass is 645 g/mol. The second-order valence-corrected chi connectivity index (χ2v) is 14.7. The normalized spacial score (nSPS) is 25.0. The van der Waals surface area contributed by atoms with Gasteiger partial charge in [-0.05, 0) is 17.4 Å². The van der Waals surface area contributed by atoms with Crippen molar-refractivity contribution >= 4 is 62.9 Å². The average molecular weight is 645 g/mol. The number of nitrogens with two attached hydrogens (primary N) is 1. The average Bonchev–Trinajstić information content (AvgIpc) is 3.36. The van der Waals surface area contributed by atoms with Crippen LogP contribution in [-0.2, 0) is 44.6 Å². The number of aliphatic hydroxyl groups is 2. The molecule has 1 aliphatic rings. The van der Waals surface area contributed by atoms with Gasteiger partial charge in [0, 0.05) is 5.75 Å². The van der Waals surface area contributed by atoms with E-state index in [4.69, 9.17) is 24.8 Å². The van der Waals surface area contributed by atoms with E-state index in [1.165, 1.54) is 22.7 Å². The molecule has 0 amide bonds. The highest BCUT2D eigenvalue weighted by Crippen LogP contribution is 2.66. The Kier molecular flexibility index (Phi) is 9.30. The molecule has 1 saturated heterocycles. The summed E-state index contributed by atoms with van der Waals surface area (Å²) in [5.74, 6) is 0.627. The summed E-state index contributed by atoms with van der Waals surface area (Å²) in [6.07, 6.45) is -4.52. The van der Waals surface area contributed by atoms with Crippen LogP contribution in [0.15, 0.2) is 41.8 Å². The molecule has 1 fully saturated rings. The molecule has 1 aliphatic heterocycles. The molecule has 8 N–H and O–H groups in total. The van der Waals surface area contributed by atoms with Gasteiger partial charge < -0.3 is 44.8 Å². The van der Waals surface area contributed by atoms with Crippen molar-refractivity contribution in [1.82, 2.24) is 19.5 Å². The minimum Gasteiger partial charge on any atom is -0.387 e. The minimum atomic E-state index is -5.52. The van der Waals surface area contributed by atoms with E-state index in [1.807, 2.05) is 30.3 Å². The SMILES string of the molecule is Nc1nc(SCc2ccccc2)nc2c1ncn2[C@@H]1O[C@H](COP(O)(=S)OP(=O)(O)OP(=O)(O)O)[C@@H](O)[C@H]1O. The van der Waals surface area contributed by atoms with Crippen molar-refractivity contribution in [2.24, 2.45) is 0 Å². The molecule has 22 heteroatoms. The Morgan fingerprint density at radius 1 is 1.08 bits per heavy atom. The van der Waals surface area contributed by atoms with E-state index in [2.05, 4.69) is 35.4 Å². The van der Waals surface area contributed by atoms with Gasteiger partial charge in [-0.25, -0.2) is 28.4 Å². The van der Waals surface area contributed by atoms with Crippen molar-refractivity contribution in [3.63, 3.8) is 0 Å². The summed E-state index contributed by atoms with van der Waals surface area (Å²) in [4.78, 5) is 49.5. The van der Waals surface area contributed by atoms with E-state index in [-0.39, 0.29) is 17.0 Å². The summed E-state index contributed by atoms with van der Waals surface area (Å²) in [6.45, 7) is -5.41. The minimum absolute atomic E-state index is 0.0753. The number of hydrogen-bond acceptors (Lipinski definition) is 14. The molecule has 39 heavy (non-hydrogen) atoms. The first-order valence-electron chi connectivity index (χ1n) is 10.6. The van der Waals surface area contributed by atoms with Gasteiger partial charge in [-0.1, -0.05) is 42.1 Å². The number of rotatable bonds is 11. The first kappa shape index (κ1) is 30.6.